The third kappa shape index (κ3) is 3.09. The second-order valence-corrected chi connectivity index (χ2v) is 4.24. The molecule has 0 aliphatic carbocycles. The van der Waals surface area contributed by atoms with E-state index in [1.54, 1.807) is 18.5 Å². The monoisotopic (exact) mass is 273 g/mol. The number of thiazole rings is 1. The molecule has 2 N–H and O–H groups in total. The van der Waals surface area contributed by atoms with Crippen molar-refractivity contribution in [2.75, 3.05) is 6.61 Å². The van der Waals surface area contributed by atoms with Crippen molar-refractivity contribution in [1.29, 1.82) is 0 Å². The Morgan fingerprint density at radius 1 is 1.53 bits per heavy atom. The topological polar surface area (TPSA) is 78.1 Å². The van der Waals surface area contributed by atoms with Crippen LogP contribution in [0.5, 0.6) is 5.75 Å². The van der Waals surface area contributed by atoms with Crippen molar-refractivity contribution in [3.63, 3.8) is 0 Å². The number of hydrogen-bond donors (Lipinski definition) is 1. The van der Waals surface area contributed by atoms with Gasteiger partial charge in [-0.3, -0.25) is 4.79 Å². The van der Waals surface area contributed by atoms with Gasteiger partial charge in [-0.25, -0.2) is 9.97 Å². The number of aromatic nitrogens is 2. The molecule has 2 aromatic heterocycles. The van der Waals surface area contributed by atoms with Crippen molar-refractivity contribution in [3.8, 4) is 28.8 Å². The molecule has 0 bridgehead atoms. The summed E-state index contributed by atoms with van der Waals surface area (Å²) in [6.07, 6.45) is 1.45. The highest BCUT2D eigenvalue weighted by molar-refractivity contribution is 7.07. The van der Waals surface area contributed by atoms with Crippen LogP contribution in [-0.4, -0.2) is 22.5 Å². The quantitative estimate of drug-likeness (QED) is 0.860. The number of ether oxygens (including phenoxy) is 1. The number of rotatable bonds is 4. The van der Waals surface area contributed by atoms with E-state index >= 15 is 0 Å². The van der Waals surface area contributed by atoms with Crippen molar-refractivity contribution in [2.45, 2.75) is 6.92 Å². The fourth-order valence-corrected chi connectivity index (χ4v) is 2.01. The van der Waals surface area contributed by atoms with Gasteiger partial charge in [0.05, 0.1) is 17.4 Å². The number of amides is 1. The summed E-state index contributed by atoms with van der Waals surface area (Å²) >= 11 is 1.43. The van der Waals surface area contributed by atoms with Gasteiger partial charge in [0.25, 0.3) is 5.91 Å². The Kier molecular flexibility index (Phi) is 4.11. The van der Waals surface area contributed by atoms with Gasteiger partial charge in [0.15, 0.2) is 0 Å². The molecule has 0 unspecified atom stereocenters. The summed E-state index contributed by atoms with van der Waals surface area (Å²) in [7, 11) is 0. The second-order valence-electron chi connectivity index (χ2n) is 3.52. The first-order chi connectivity index (χ1) is 9.22. The molecule has 2 aromatic rings. The number of carbonyl (C=O) groups excluding carboxylic acids is 1. The third-order valence-electron chi connectivity index (χ3n) is 2.29. The summed E-state index contributed by atoms with van der Waals surface area (Å²) < 4.78 is 5.41. The molecule has 0 atom stereocenters. The highest BCUT2D eigenvalue weighted by atomic mass is 32.1. The van der Waals surface area contributed by atoms with Crippen LogP contribution in [0.15, 0.2) is 23.2 Å². The number of primary amides is 1. The van der Waals surface area contributed by atoms with Crippen LogP contribution < -0.4 is 10.5 Å². The van der Waals surface area contributed by atoms with E-state index in [2.05, 4.69) is 21.8 Å². The molecular formula is C13H11N3O2S. The maximum atomic E-state index is 11.4. The Labute approximate surface area is 114 Å². The molecule has 19 heavy (non-hydrogen) atoms. The molecule has 0 saturated carbocycles. The number of pyridine rings is 1. The lowest BCUT2D eigenvalue weighted by molar-refractivity contribution is 0.0996. The van der Waals surface area contributed by atoms with Gasteiger partial charge in [0.2, 0.25) is 0 Å². The average Bonchev–Trinajstić information content (AvgIpc) is 2.92. The Morgan fingerprint density at radius 3 is 3.00 bits per heavy atom. The van der Waals surface area contributed by atoms with E-state index in [-0.39, 0.29) is 12.3 Å². The number of nitrogens with zero attached hydrogens (tertiary/aromatic N) is 2. The van der Waals surface area contributed by atoms with Gasteiger partial charge in [-0.05, 0) is 13.0 Å². The molecule has 2 heterocycles. The van der Waals surface area contributed by atoms with Crippen LogP contribution in [-0.2, 0) is 0 Å². The lowest BCUT2D eigenvalue weighted by Gasteiger charge is -2.07. The zero-order valence-corrected chi connectivity index (χ0v) is 11.0. The minimum absolute atomic E-state index is 0.180. The molecule has 0 saturated heterocycles. The molecule has 0 radical (unpaired) electrons. The van der Waals surface area contributed by atoms with E-state index in [1.807, 2.05) is 5.38 Å². The minimum Gasteiger partial charge on any atom is -0.479 e. The van der Waals surface area contributed by atoms with E-state index in [9.17, 15) is 4.79 Å². The van der Waals surface area contributed by atoms with Gasteiger partial charge in [-0.2, -0.15) is 0 Å². The minimum atomic E-state index is -0.595. The Balaban J connectivity index is 2.38. The van der Waals surface area contributed by atoms with Crippen LogP contribution in [0.4, 0.5) is 0 Å². The SMILES string of the molecule is CC#CCOc1cnc(C(N)=O)c(-c2cscn2)c1. The molecule has 1 amide bonds. The molecular weight excluding hydrogens is 262 g/mol. The Bertz CT molecular complexity index is 642. The lowest BCUT2D eigenvalue weighted by atomic mass is 10.1. The van der Waals surface area contributed by atoms with E-state index in [4.69, 9.17) is 10.5 Å². The molecule has 0 aliphatic rings. The summed E-state index contributed by atoms with van der Waals surface area (Å²) in [6.45, 7) is 2.00. The smallest absolute Gasteiger partial charge is 0.268 e. The van der Waals surface area contributed by atoms with E-state index in [0.29, 0.717) is 17.0 Å². The summed E-state index contributed by atoms with van der Waals surface area (Å²) in [5.41, 5.74) is 8.38. The highest BCUT2D eigenvalue weighted by Crippen LogP contribution is 2.26. The van der Waals surface area contributed by atoms with Crippen molar-refractivity contribution in [1.82, 2.24) is 9.97 Å². The largest absolute Gasteiger partial charge is 0.479 e. The molecule has 0 spiro atoms. The first kappa shape index (κ1) is 13.1. The van der Waals surface area contributed by atoms with Crippen LogP contribution >= 0.6 is 11.3 Å². The Morgan fingerprint density at radius 2 is 2.37 bits per heavy atom. The number of hydrogen-bond acceptors (Lipinski definition) is 5. The predicted octanol–water partition coefficient (Wildman–Crippen LogP) is 1.71. The molecule has 6 heteroatoms. The normalized spacial score (nSPS) is 9.53. The molecule has 2 rings (SSSR count). The fraction of sp³-hybridized carbons (Fsp3) is 0.154. The zero-order valence-electron chi connectivity index (χ0n) is 10.2. The van der Waals surface area contributed by atoms with Crippen LogP contribution in [0, 0.1) is 11.8 Å². The van der Waals surface area contributed by atoms with Crippen LogP contribution in [0.2, 0.25) is 0 Å². The fourth-order valence-electron chi connectivity index (χ4n) is 1.45. The first-order valence-corrected chi connectivity index (χ1v) is 6.37. The summed E-state index contributed by atoms with van der Waals surface area (Å²) in [4.78, 5) is 19.5. The van der Waals surface area contributed by atoms with Crippen molar-refractivity contribution in [3.05, 3.63) is 28.8 Å². The lowest BCUT2D eigenvalue weighted by Crippen LogP contribution is -2.14. The molecule has 5 nitrogen and oxygen atoms in total. The van der Waals surface area contributed by atoms with Crippen LogP contribution in [0.1, 0.15) is 17.4 Å². The second kappa shape index (κ2) is 5.98. The standard InChI is InChI=1S/C13H11N3O2S/c1-2-3-4-18-9-5-10(11-7-19-8-16-11)12(13(14)17)15-6-9/h5-8H,4H2,1H3,(H2,14,17). The van der Waals surface area contributed by atoms with E-state index in [1.165, 1.54) is 17.5 Å². The van der Waals surface area contributed by atoms with Crippen molar-refractivity contribution in [2.24, 2.45) is 5.73 Å². The summed E-state index contributed by atoms with van der Waals surface area (Å²) in [5.74, 6) is 5.44. The van der Waals surface area contributed by atoms with Gasteiger partial charge in [0.1, 0.15) is 18.1 Å². The van der Waals surface area contributed by atoms with Crippen molar-refractivity contribution >= 4 is 17.2 Å². The predicted molar refractivity (Wildman–Crippen MR) is 72.8 cm³/mol. The van der Waals surface area contributed by atoms with Gasteiger partial charge in [-0.15, -0.1) is 17.3 Å². The molecule has 0 aromatic carbocycles. The average molecular weight is 273 g/mol. The van der Waals surface area contributed by atoms with Gasteiger partial charge < -0.3 is 10.5 Å². The van der Waals surface area contributed by atoms with E-state index in [0.717, 1.165) is 0 Å². The van der Waals surface area contributed by atoms with Gasteiger partial charge in [-0.1, -0.05) is 5.92 Å². The third-order valence-corrected chi connectivity index (χ3v) is 2.88. The van der Waals surface area contributed by atoms with Crippen LogP contribution in [0.25, 0.3) is 11.3 Å². The highest BCUT2D eigenvalue weighted by Gasteiger charge is 2.14. The number of carbonyl (C=O) groups is 1. The zero-order chi connectivity index (χ0) is 13.7. The Hall–Kier alpha value is -2.39. The molecule has 96 valence electrons. The van der Waals surface area contributed by atoms with Crippen LogP contribution in [0.3, 0.4) is 0 Å². The maximum Gasteiger partial charge on any atom is 0.268 e. The van der Waals surface area contributed by atoms with Gasteiger partial charge >= 0.3 is 0 Å². The summed E-state index contributed by atoms with van der Waals surface area (Å²) in [6, 6.07) is 1.69. The van der Waals surface area contributed by atoms with Gasteiger partial charge in [0, 0.05) is 10.9 Å². The molecule has 0 aliphatic heterocycles. The molecule has 0 fully saturated rings. The first-order valence-electron chi connectivity index (χ1n) is 5.43. The van der Waals surface area contributed by atoms with Crippen molar-refractivity contribution < 1.29 is 9.53 Å². The summed E-state index contributed by atoms with van der Waals surface area (Å²) in [5, 5.41) is 1.82. The number of nitrogens with two attached hydrogens (primary N) is 1. The van der Waals surface area contributed by atoms with E-state index < -0.39 is 5.91 Å². The maximum absolute atomic E-state index is 11.4.